The lowest BCUT2D eigenvalue weighted by molar-refractivity contribution is -0.0425. The monoisotopic (exact) mass is 400 g/mol. The third-order valence-corrected chi connectivity index (χ3v) is 5.24. The van der Waals surface area contributed by atoms with Gasteiger partial charge in [-0.2, -0.15) is 0 Å². The van der Waals surface area contributed by atoms with Gasteiger partial charge in [-0.1, -0.05) is 0 Å². The van der Waals surface area contributed by atoms with E-state index in [9.17, 15) is 25.2 Å². The number of fused-ring (bicyclic) bond motifs is 2. The van der Waals surface area contributed by atoms with E-state index in [1.54, 1.807) is 13.8 Å². The van der Waals surface area contributed by atoms with Gasteiger partial charge < -0.3 is 34.3 Å². The number of aliphatic hydroxyl groups excluding tert-OH is 1. The van der Waals surface area contributed by atoms with Crippen LogP contribution in [0.25, 0.3) is 22.1 Å². The van der Waals surface area contributed by atoms with Crippen LogP contribution in [0.1, 0.15) is 19.4 Å². The van der Waals surface area contributed by atoms with E-state index in [1.807, 2.05) is 0 Å². The molecule has 1 atom stereocenters. The van der Waals surface area contributed by atoms with Crippen LogP contribution in [0.3, 0.4) is 0 Å². The lowest BCUT2D eigenvalue weighted by atomic mass is 9.86. The molecule has 1 aliphatic heterocycles. The largest absolute Gasteiger partial charge is 0.508 e. The molecule has 1 unspecified atom stereocenters. The zero-order valence-electron chi connectivity index (χ0n) is 16.0. The summed E-state index contributed by atoms with van der Waals surface area (Å²) in [6.45, 7) is 3.38. The predicted molar refractivity (Wildman–Crippen MR) is 104 cm³/mol. The van der Waals surface area contributed by atoms with E-state index >= 15 is 0 Å². The molecule has 0 saturated heterocycles. The average Bonchev–Trinajstić information content (AvgIpc) is 2.64. The van der Waals surface area contributed by atoms with Crippen molar-refractivity contribution in [1.82, 2.24) is 0 Å². The molecule has 8 heteroatoms. The van der Waals surface area contributed by atoms with Crippen LogP contribution >= 0.6 is 0 Å². The Morgan fingerprint density at radius 1 is 1.14 bits per heavy atom. The zero-order valence-corrected chi connectivity index (χ0v) is 16.0. The minimum atomic E-state index is -0.960. The van der Waals surface area contributed by atoms with Gasteiger partial charge in [-0.15, -0.1) is 0 Å². The third-order valence-electron chi connectivity index (χ3n) is 5.24. The Hall–Kier alpha value is -3.39. The van der Waals surface area contributed by atoms with Crippen molar-refractivity contribution < 1.29 is 34.3 Å². The van der Waals surface area contributed by atoms with Gasteiger partial charge in [0.2, 0.25) is 11.2 Å². The van der Waals surface area contributed by atoms with Crippen molar-refractivity contribution in [2.75, 3.05) is 7.11 Å². The summed E-state index contributed by atoms with van der Waals surface area (Å²) in [7, 11) is 1.37. The van der Waals surface area contributed by atoms with Gasteiger partial charge in [-0.3, -0.25) is 4.79 Å². The number of hydrogen-bond donors (Lipinski definition) is 4. The number of rotatable bonds is 2. The molecule has 2 aromatic carbocycles. The Balaban J connectivity index is 2.04. The van der Waals surface area contributed by atoms with E-state index in [4.69, 9.17) is 13.9 Å². The standard InChI is InChI=1S/C21H20O8/c1-21(2)16(24)7-11-10(6-15(27-3)19(26)20(11)29-21)12-8-28-14-5-9(22)4-13(23)17(14)18(12)25/h4-6,8,16,22-24,26H,7H2,1-3H3. The number of aromatic hydroxyl groups is 3. The molecule has 8 nitrogen and oxygen atoms in total. The van der Waals surface area contributed by atoms with Crippen molar-refractivity contribution in [1.29, 1.82) is 0 Å². The van der Waals surface area contributed by atoms with Crippen LogP contribution < -0.4 is 14.9 Å². The number of methoxy groups -OCH3 is 1. The molecule has 0 amide bonds. The van der Waals surface area contributed by atoms with Gasteiger partial charge >= 0.3 is 0 Å². The molecule has 0 aliphatic carbocycles. The van der Waals surface area contributed by atoms with E-state index < -0.39 is 22.9 Å². The molecular formula is C21H20O8. The fourth-order valence-corrected chi connectivity index (χ4v) is 3.55. The van der Waals surface area contributed by atoms with E-state index in [2.05, 4.69) is 0 Å². The van der Waals surface area contributed by atoms with Gasteiger partial charge in [0, 0.05) is 24.1 Å². The van der Waals surface area contributed by atoms with E-state index in [0.29, 0.717) is 11.1 Å². The topological polar surface area (TPSA) is 130 Å². The first kappa shape index (κ1) is 18.9. The molecule has 2 heterocycles. The van der Waals surface area contributed by atoms with Crippen LogP contribution in [0.5, 0.6) is 28.7 Å². The van der Waals surface area contributed by atoms with Crippen LogP contribution in [0, 0.1) is 0 Å². The van der Waals surface area contributed by atoms with Crippen LogP contribution in [-0.2, 0) is 6.42 Å². The highest BCUT2D eigenvalue weighted by Crippen LogP contribution is 2.49. The number of benzene rings is 2. The first-order valence-electron chi connectivity index (χ1n) is 8.91. The molecule has 1 aliphatic rings. The predicted octanol–water partition coefficient (Wildman–Crippen LogP) is 2.66. The average molecular weight is 400 g/mol. The summed E-state index contributed by atoms with van der Waals surface area (Å²) in [5, 5.41) is 40.7. The number of phenols is 3. The molecule has 4 N–H and O–H groups in total. The van der Waals surface area contributed by atoms with E-state index in [-0.39, 0.29) is 46.0 Å². The maximum absolute atomic E-state index is 13.1. The summed E-state index contributed by atoms with van der Waals surface area (Å²) in [6.07, 6.45) is 0.426. The summed E-state index contributed by atoms with van der Waals surface area (Å²) >= 11 is 0. The first-order chi connectivity index (χ1) is 13.6. The highest BCUT2D eigenvalue weighted by atomic mass is 16.5. The van der Waals surface area contributed by atoms with Crippen molar-refractivity contribution in [2.24, 2.45) is 0 Å². The first-order valence-corrected chi connectivity index (χ1v) is 8.91. The Morgan fingerprint density at radius 2 is 1.86 bits per heavy atom. The second-order valence-corrected chi connectivity index (χ2v) is 7.52. The summed E-state index contributed by atoms with van der Waals surface area (Å²) < 4.78 is 16.5. The number of phenolic OH excluding ortho intramolecular Hbond substituents is 3. The minimum absolute atomic E-state index is 0.0216. The number of hydrogen-bond acceptors (Lipinski definition) is 8. The van der Waals surface area contributed by atoms with Crippen molar-refractivity contribution in [3.63, 3.8) is 0 Å². The van der Waals surface area contributed by atoms with Crippen molar-refractivity contribution >= 4 is 11.0 Å². The molecule has 1 aromatic heterocycles. The molecule has 29 heavy (non-hydrogen) atoms. The fourth-order valence-electron chi connectivity index (χ4n) is 3.55. The van der Waals surface area contributed by atoms with E-state index in [0.717, 1.165) is 6.07 Å². The Morgan fingerprint density at radius 3 is 2.55 bits per heavy atom. The zero-order chi connectivity index (χ0) is 21.1. The van der Waals surface area contributed by atoms with Gasteiger partial charge in [-0.25, -0.2) is 0 Å². The summed E-state index contributed by atoms with van der Waals surface area (Å²) in [6, 6.07) is 3.73. The number of aliphatic hydroxyl groups is 1. The lowest BCUT2D eigenvalue weighted by Gasteiger charge is -2.38. The van der Waals surface area contributed by atoms with Gasteiger partial charge in [0.25, 0.3) is 0 Å². The minimum Gasteiger partial charge on any atom is -0.508 e. The van der Waals surface area contributed by atoms with Gasteiger partial charge in [0.05, 0.1) is 18.8 Å². The van der Waals surface area contributed by atoms with Crippen molar-refractivity contribution in [3.8, 4) is 39.9 Å². The van der Waals surface area contributed by atoms with Gasteiger partial charge in [0.1, 0.15) is 34.3 Å². The molecule has 0 bridgehead atoms. The number of ether oxygens (including phenoxy) is 2. The molecule has 3 aromatic rings. The SMILES string of the molecule is COc1cc(-c2coc3cc(O)cc(O)c3c2=O)c2c(c1O)OC(C)(C)C(O)C2. The Bertz CT molecular complexity index is 1190. The highest BCUT2D eigenvalue weighted by Gasteiger charge is 2.39. The third kappa shape index (κ3) is 2.84. The van der Waals surface area contributed by atoms with Crippen molar-refractivity contribution in [3.05, 3.63) is 40.2 Å². The molecule has 0 fully saturated rings. The second-order valence-electron chi connectivity index (χ2n) is 7.52. The van der Waals surface area contributed by atoms with Crippen LogP contribution in [0.15, 0.2) is 33.7 Å². The molecule has 0 radical (unpaired) electrons. The highest BCUT2D eigenvalue weighted by molar-refractivity contribution is 5.89. The second kappa shape index (κ2) is 6.31. The van der Waals surface area contributed by atoms with E-state index in [1.165, 1.54) is 25.5 Å². The summed E-state index contributed by atoms with van der Waals surface area (Å²) in [5.74, 6) is -0.699. The fraction of sp³-hybridized carbons (Fsp3) is 0.286. The van der Waals surface area contributed by atoms with Crippen molar-refractivity contribution in [2.45, 2.75) is 32.0 Å². The normalized spacial score (nSPS) is 17.6. The lowest BCUT2D eigenvalue weighted by Crippen LogP contribution is -2.46. The molecule has 0 spiro atoms. The summed E-state index contributed by atoms with van der Waals surface area (Å²) in [4.78, 5) is 13.1. The van der Waals surface area contributed by atoms with Gasteiger partial charge in [0.15, 0.2) is 11.5 Å². The van der Waals surface area contributed by atoms with Crippen LogP contribution in [-0.4, -0.2) is 39.2 Å². The Kier molecular flexibility index (Phi) is 4.13. The molecule has 4 rings (SSSR count). The maximum atomic E-state index is 13.1. The Labute approximate surface area is 165 Å². The summed E-state index contributed by atoms with van der Waals surface area (Å²) in [5.41, 5.74) is -0.639. The molecular weight excluding hydrogens is 380 g/mol. The van der Waals surface area contributed by atoms with Gasteiger partial charge in [-0.05, 0) is 25.5 Å². The smallest absolute Gasteiger partial charge is 0.204 e. The molecule has 152 valence electrons. The van der Waals surface area contributed by atoms with Crippen LogP contribution in [0.2, 0.25) is 0 Å². The maximum Gasteiger partial charge on any atom is 0.204 e. The molecule has 0 saturated carbocycles. The van der Waals surface area contributed by atoms with Crippen LogP contribution in [0.4, 0.5) is 0 Å². The quantitative estimate of drug-likeness (QED) is 0.517.